The van der Waals surface area contributed by atoms with E-state index in [4.69, 9.17) is 15.2 Å². The van der Waals surface area contributed by atoms with Gasteiger partial charge in [-0.2, -0.15) is 10.2 Å². The molecule has 34 heavy (non-hydrogen) atoms. The molecule has 8 nitrogen and oxygen atoms in total. The molecule has 2 aromatic carbocycles. The summed E-state index contributed by atoms with van der Waals surface area (Å²) in [5, 5.41) is 21.9. The van der Waals surface area contributed by atoms with Crippen LogP contribution in [0.15, 0.2) is 73.2 Å². The summed E-state index contributed by atoms with van der Waals surface area (Å²) in [5.74, 6) is -1.88. The van der Waals surface area contributed by atoms with Crippen molar-refractivity contribution in [3.63, 3.8) is 0 Å². The lowest BCUT2D eigenvalue weighted by Crippen LogP contribution is -2.03. The Morgan fingerprint density at radius 3 is 2.15 bits per heavy atom. The third-order valence-electron chi connectivity index (χ3n) is 4.23. The Morgan fingerprint density at radius 1 is 0.941 bits per heavy atom. The van der Waals surface area contributed by atoms with E-state index < -0.39 is 17.6 Å². The van der Waals surface area contributed by atoms with E-state index in [-0.39, 0.29) is 17.5 Å². The zero-order chi connectivity index (χ0) is 24.5. The molecular formula is C24H18F2N6O2. The maximum absolute atomic E-state index is 14.6. The number of hydrogen-bond acceptors (Lipinski definition) is 7. The van der Waals surface area contributed by atoms with Crippen LogP contribution in [0.5, 0.6) is 0 Å². The third-order valence-corrected chi connectivity index (χ3v) is 4.23. The Kier molecular flexibility index (Phi) is 7.75. The first-order valence-corrected chi connectivity index (χ1v) is 9.82. The standard InChI is InChI=1S/C22H14F2N6.C2H4O2/c23-18-11-16(15-5-8-26-9-6-15)12-19(24)21(18)29-20-7-10-27-22(30-20)28-17-3-1-14(13-25)2-4-17;1-2(3)4/h1-12H,(H2,27,28,29,30);1H3,(H,3,4). The molecule has 10 heteroatoms. The van der Waals surface area contributed by atoms with E-state index in [1.165, 1.54) is 24.4 Å². The minimum absolute atomic E-state index is 0.218. The van der Waals surface area contributed by atoms with Gasteiger partial charge in [0.05, 0.1) is 11.6 Å². The molecule has 0 bridgehead atoms. The highest BCUT2D eigenvalue weighted by Gasteiger charge is 2.13. The zero-order valence-corrected chi connectivity index (χ0v) is 17.8. The highest BCUT2D eigenvalue weighted by Crippen LogP contribution is 2.29. The summed E-state index contributed by atoms with van der Waals surface area (Å²) in [6.45, 7) is 1.08. The van der Waals surface area contributed by atoms with E-state index >= 15 is 0 Å². The van der Waals surface area contributed by atoms with Crippen LogP contribution < -0.4 is 10.6 Å². The normalized spacial score (nSPS) is 9.82. The average Bonchev–Trinajstić information content (AvgIpc) is 2.82. The van der Waals surface area contributed by atoms with Crippen molar-refractivity contribution in [3.8, 4) is 17.2 Å². The molecule has 0 unspecified atom stereocenters. The number of carbonyl (C=O) groups is 1. The molecule has 4 rings (SSSR count). The summed E-state index contributed by atoms with van der Waals surface area (Å²) in [7, 11) is 0. The molecule has 170 valence electrons. The highest BCUT2D eigenvalue weighted by atomic mass is 19.1. The molecule has 4 aromatic rings. The molecule has 0 aliphatic carbocycles. The number of nitriles is 1. The molecule has 2 aromatic heterocycles. The first-order valence-electron chi connectivity index (χ1n) is 9.82. The smallest absolute Gasteiger partial charge is 0.300 e. The van der Waals surface area contributed by atoms with Crippen LogP contribution in [0, 0.1) is 23.0 Å². The van der Waals surface area contributed by atoms with Gasteiger partial charge in [0.25, 0.3) is 5.97 Å². The number of aromatic nitrogens is 3. The van der Waals surface area contributed by atoms with Gasteiger partial charge in [-0.25, -0.2) is 13.8 Å². The summed E-state index contributed by atoms with van der Waals surface area (Å²) in [6, 6.07) is 16.1. The van der Waals surface area contributed by atoms with Crippen molar-refractivity contribution >= 4 is 29.1 Å². The molecule has 0 amide bonds. The van der Waals surface area contributed by atoms with Crippen molar-refractivity contribution in [3.05, 3.63) is 90.4 Å². The highest BCUT2D eigenvalue weighted by molar-refractivity contribution is 5.69. The molecule has 0 spiro atoms. The fraction of sp³-hybridized carbons (Fsp3) is 0.0417. The molecule has 0 atom stereocenters. The van der Waals surface area contributed by atoms with E-state index in [9.17, 15) is 8.78 Å². The predicted molar refractivity (Wildman–Crippen MR) is 123 cm³/mol. The minimum Gasteiger partial charge on any atom is -0.481 e. The number of hydrogen-bond donors (Lipinski definition) is 3. The van der Waals surface area contributed by atoms with E-state index in [1.807, 2.05) is 6.07 Å². The van der Waals surface area contributed by atoms with Crippen LogP contribution >= 0.6 is 0 Å². The number of benzene rings is 2. The van der Waals surface area contributed by atoms with Gasteiger partial charge in [0.15, 0.2) is 0 Å². The molecular weight excluding hydrogens is 442 g/mol. The number of rotatable bonds is 5. The second kappa shape index (κ2) is 11.1. The van der Waals surface area contributed by atoms with E-state index in [2.05, 4.69) is 25.6 Å². The molecule has 0 saturated heterocycles. The molecule has 2 heterocycles. The number of nitrogens with zero attached hydrogens (tertiary/aromatic N) is 4. The summed E-state index contributed by atoms with van der Waals surface area (Å²) in [6.07, 6.45) is 4.57. The molecule has 0 radical (unpaired) electrons. The molecule has 0 saturated carbocycles. The first-order chi connectivity index (χ1) is 16.4. The van der Waals surface area contributed by atoms with Gasteiger partial charge in [0.2, 0.25) is 5.95 Å². The maximum Gasteiger partial charge on any atom is 0.300 e. The quantitative estimate of drug-likeness (QED) is 0.368. The van der Waals surface area contributed by atoms with Crippen LogP contribution in [-0.2, 0) is 4.79 Å². The fourth-order valence-corrected chi connectivity index (χ4v) is 2.78. The average molecular weight is 460 g/mol. The minimum atomic E-state index is -0.833. The lowest BCUT2D eigenvalue weighted by Gasteiger charge is -2.11. The molecule has 3 N–H and O–H groups in total. The predicted octanol–water partition coefficient (Wildman–Crippen LogP) is 5.27. The molecule has 0 aliphatic rings. The zero-order valence-electron chi connectivity index (χ0n) is 17.8. The van der Waals surface area contributed by atoms with Crippen LogP contribution in [0.25, 0.3) is 11.1 Å². The SMILES string of the molecule is CC(=O)O.N#Cc1ccc(Nc2nccc(Nc3c(F)cc(-c4ccncc4)cc3F)n2)cc1. The number of anilines is 4. The number of halogens is 2. The first kappa shape index (κ1) is 23.7. The molecule has 0 aliphatic heterocycles. The maximum atomic E-state index is 14.6. The van der Waals surface area contributed by atoms with Crippen LogP contribution in [0.1, 0.15) is 12.5 Å². The van der Waals surface area contributed by atoms with Crippen molar-refractivity contribution in [2.24, 2.45) is 0 Å². The largest absolute Gasteiger partial charge is 0.481 e. The van der Waals surface area contributed by atoms with E-state index in [0.717, 1.165) is 6.92 Å². The summed E-state index contributed by atoms with van der Waals surface area (Å²) in [4.78, 5) is 21.2. The Bertz CT molecular complexity index is 1300. The Hall–Kier alpha value is -4.91. The fourth-order valence-electron chi connectivity index (χ4n) is 2.78. The van der Waals surface area contributed by atoms with Crippen molar-refractivity contribution < 1.29 is 18.7 Å². The lowest BCUT2D eigenvalue weighted by atomic mass is 10.1. The van der Waals surface area contributed by atoms with E-state index in [1.54, 1.807) is 48.8 Å². The summed E-state index contributed by atoms with van der Waals surface area (Å²) >= 11 is 0. The number of pyridine rings is 1. The third kappa shape index (κ3) is 6.54. The number of carboxylic acid groups (broad SMARTS) is 1. The van der Waals surface area contributed by atoms with Gasteiger partial charge >= 0.3 is 0 Å². The second-order valence-electron chi connectivity index (χ2n) is 6.77. The van der Waals surface area contributed by atoms with Gasteiger partial charge in [0, 0.05) is 31.2 Å². The van der Waals surface area contributed by atoms with Gasteiger partial charge in [-0.3, -0.25) is 9.78 Å². The van der Waals surface area contributed by atoms with Crippen molar-refractivity contribution in [2.75, 3.05) is 10.6 Å². The monoisotopic (exact) mass is 460 g/mol. The Balaban J connectivity index is 0.000000751. The Morgan fingerprint density at radius 2 is 1.56 bits per heavy atom. The lowest BCUT2D eigenvalue weighted by molar-refractivity contribution is -0.134. The van der Waals surface area contributed by atoms with Crippen molar-refractivity contribution in [1.82, 2.24) is 15.0 Å². The van der Waals surface area contributed by atoms with Gasteiger partial charge in [-0.05, 0) is 65.7 Å². The van der Waals surface area contributed by atoms with Crippen LogP contribution in [0.2, 0.25) is 0 Å². The second-order valence-corrected chi connectivity index (χ2v) is 6.77. The van der Waals surface area contributed by atoms with Crippen LogP contribution in [-0.4, -0.2) is 26.0 Å². The Labute approximate surface area is 193 Å². The van der Waals surface area contributed by atoms with Gasteiger partial charge < -0.3 is 15.7 Å². The van der Waals surface area contributed by atoms with Crippen LogP contribution in [0.4, 0.5) is 31.9 Å². The number of aliphatic carboxylic acids is 1. The topological polar surface area (TPSA) is 124 Å². The van der Waals surface area contributed by atoms with Gasteiger partial charge in [0.1, 0.15) is 23.1 Å². The number of carboxylic acids is 1. The van der Waals surface area contributed by atoms with Crippen molar-refractivity contribution in [1.29, 1.82) is 5.26 Å². The van der Waals surface area contributed by atoms with Gasteiger partial charge in [-0.15, -0.1) is 0 Å². The number of nitrogens with one attached hydrogen (secondary N) is 2. The molecule has 0 fully saturated rings. The summed E-state index contributed by atoms with van der Waals surface area (Å²) in [5.41, 5.74) is 1.95. The van der Waals surface area contributed by atoms with Crippen molar-refractivity contribution in [2.45, 2.75) is 6.92 Å². The van der Waals surface area contributed by atoms with Gasteiger partial charge in [-0.1, -0.05) is 0 Å². The summed E-state index contributed by atoms with van der Waals surface area (Å²) < 4.78 is 29.2. The van der Waals surface area contributed by atoms with E-state index in [0.29, 0.717) is 22.4 Å². The van der Waals surface area contributed by atoms with Crippen LogP contribution in [0.3, 0.4) is 0 Å².